The van der Waals surface area contributed by atoms with Crippen molar-refractivity contribution >= 4 is 55.3 Å². The van der Waals surface area contributed by atoms with Crippen LogP contribution in [-0.2, 0) is 16.1 Å². The molecule has 8 nitrogen and oxygen atoms in total. The van der Waals surface area contributed by atoms with Crippen molar-refractivity contribution in [3.05, 3.63) is 75.8 Å². The summed E-state index contributed by atoms with van der Waals surface area (Å²) in [7, 11) is 0. The highest BCUT2D eigenvalue weighted by Gasteiger charge is 2.67. The number of imide groups is 1. The molecule has 0 radical (unpaired) electrons. The number of carbonyl (C=O) groups is 3. The molecule has 1 aliphatic heterocycles. The molecule has 6 atom stereocenters. The third-order valence-electron chi connectivity index (χ3n) is 6.95. The van der Waals surface area contributed by atoms with Gasteiger partial charge in [0.1, 0.15) is 5.56 Å². The van der Waals surface area contributed by atoms with Gasteiger partial charge in [0.05, 0.1) is 23.3 Å². The molecule has 0 spiro atoms. The van der Waals surface area contributed by atoms with Crippen LogP contribution in [0.2, 0.25) is 0 Å². The molecule has 10 heteroatoms. The summed E-state index contributed by atoms with van der Waals surface area (Å²) >= 11 is 7.32. The molecule has 2 aliphatic carbocycles. The molecular formula is C23H19Br2N3O5. The first-order valence-corrected chi connectivity index (χ1v) is 12.4. The molecule has 3 fully saturated rings. The quantitative estimate of drug-likeness (QED) is 0.232. The Morgan fingerprint density at radius 1 is 0.970 bits per heavy atom. The number of nitrogens with zero attached hydrogens (tertiary/aromatic N) is 3. The number of nitro benzene ring substituents is 1. The number of hydrazine groups is 1. The van der Waals surface area contributed by atoms with Gasteiger partial charge in [0, 0.05) is 15.7 Å². The minimum absolute atomic E-state index is 0.00874. The lowest BCUT2D eigenvalue weighted by Crippen LogP contribution is -2.50. The number of nitro groups is 1. The molecule has 0 N–H and O–H groups in total. The van der Waals surface area contributed by atoms with E-state index in [1.165, 1.54) is 24.3 Å². The molecule has 33 heavy (non-hydrogen) atoms. The number of hydrogen-bond acceptors (Lipinski definition) is 5. The second-order valence-corrected chi connectivity index (χ2v) is 10.7. The average molecular weight is 577 g/mol. The smallest absolute Gasteiger partial charge is 0.272 e. The van der Waals surface area contributed by atoms with Gasteiger partial charge in [-0.15, -0.1) is 0 Å². The molecule has 3 aliphatic rings. The zero-order valence-corrected chi connectivity index (χ0v) is 20.4. The summed E-state index contributed by atoms with van der Waals surface area (Å²) in [6.45, 7) is -0.0620. The molecule has 2 aromatic carbocycles. The van der Waals surface area contributed by atoms with Crippen LogP contribution in [0.1, 0.15) is 22.3 Å². The predicted molar refractivity (Wildman–Crippen MR) is 125 cm³/mol. The van der Waals surface area contributed by atoms with E-state index in [0.717, 1.165) is 16.4 Å². The van der Waals surface area contributed by atoms with E-state index in [1.807, 2.05) is 6.07 Å². The van der Waals surface area contributed by atoms with Crippen LogP contribution in [0, 0.1) is 33.8 Å². The van der Waals surface area contributed by atoms with Crippen LogP contribution in [0.4, 0.5) is 5.69 Å². The highest BCUT2D eigenvalue weighted by molar-refractivity contribution is 9.12. The van der Waals surface area contributed by atoms with Gasteiger partial charge in [-0.05, 0) is 29.9 Å². The molecule has 1 saturated heterocycles. The van der Waals surface area contributed by atoms with Crippen molar-refractivity contribution in [1.82, 2.24) is 10.0 Å². The highest BCUT2D eigenvalue weighted by Crippen LogP contribution is 2.60. The number of fused-ring (bicyclic) bond motifs is 5. The van der Waals surface area contributed by atoms with Crippen molar-refractivity contribution in [2.75, 3.05) is 0 Å². The van der Waals surface area contributed by atoms with Crippen molar-refractivity contribution in [2.45, 2.75) is 22.6 Å². The number of rotatable bonds is 5. The topological polar surface area (TPSA) is 101 Å². The second kappa shape index (κ2) is 8.32. The van der Waals surface area contributed by atoms with Gasteiger partial charge in [0.15, 0.2) is 0 Å². The SMILES string of the molecule is O=C(c1ccccc1[N+](=O)[O-])N(Cc1ccccc1)N1C(=O)[C@@H]2[C@H]3C[C@@H]([C@H](Br)[C@H]3Br)[C@@H]2C1=O. The summed E-state index contributed by atoms with van der Waals surface area (Å²) in [6.07, 6.45) is 0.767. The summed E-state index contributed by atoms with van der Waals surface area (Å²) in [5.74, 6) is -2.61. The Balaban J connectivity index is 1.56. The van der Waals surface area contributed by atoms with Crippen LogP contribution < -0.4 is 0 Å². The van der Waals surface area contributed by atoms with E-state index in [-0.39, 0.29) is 39.3 Å². The van der Waals surface area contributed by atoms with E-state index in [9.17, 15) is 24.5 Å². The van der Waals surface area contributed by atoms with E-state index in [1.54, 1.807) is 24.3 Å². The Morgan fingerprint density at radius 2 is 1.52 bits per heavy atom. The fourth-order valence-electron chi connectivity index (χ4n) is 5.51. The fraction of sp³-hybridized carbons (Fsp3) is 0.348. The van der Waals surface area contributed by atoms with E-state index < -0.39 is 34.5 Å². The van der Waals surface area contributed by atoms with E-state index >= 15 is 0 Å². The predicted octanol–water partition coefficient (Wildman–Crippen LogP) is 3.93. The zero-order chi connectivity index (χ0) is 23.4. The van der Waals surface area contributed by atoms with Crippen molar-refractivity contribution in [1.29, 1.82) is 0 Å². The van der Waals surface area contributed by atoms with Gasteiger partial charge in [-0.2, -0.15) is 5.01 Å². The Labute approximate surface area is 206 Å². The number of carbonyl (C=O) groups excluding carboxylic acids is 3. The Kier molecular flexibility index (Phi) is 5.60. The fourth-order valence-corrected chi connectivity index (χ4v) is 7.39. The molecular weight excluding hydrogens is 558 g/mol. The first-order valence-electron chi connectivity index (χ1n) is 10.6. The summed E-state index contributed by atoms with van der Waals surface area (Å²) in [6, 6.07) is 14.5. The minimum atomic E-state index is -0.758. The highest BCUT2D eigenvalue weighted by atomic mass is 79.9. The van der Waals surface area contributed by atoms with Crippen LogP contribution in [0.3, 0.4) is 0 Å². The Morgan fingerprint density at radius 3 is 2.09 bits per heavy atom. The van der Waals surface area contributed by atoms with Gasteiger partial charge in [-0.25, -0.2) is 5.01 Å². The number of hydrogen-bond donors (Lipinski definition) is 0. The molecule has 0 aromatic heterocycles. The van der Waals surface area contributed by atoms with Crippen molar-refractivity contribution in [3.8, 4) is 0 Å². The number of halogens is 2. The monoisotopic (exact) mass is 575 g/mol. The van der Waals surface area contributed by atoms with Gasteiger partial charge in [0.2, 0.25) is 0 Å². The average Bonchev–Trinajstić information content (AvgIpc) is 3.43. The van der Waals surface area contributed by atoms with Crippen LogP contribution >= 0.6 is 31.9 Å². The third-order valence-corrected chi connectivity index (χ3v) is 10.2. The number of alkyl halides is 2. The Hall–Kier alpha value is -2.59. The lowest BCUT2D eigenvalue weighted by molar-refractivity contribution is -0.385. The number of benzene rings is 2. The molecule has 2 aromatic rings. The summed E-state index contributed by atoms with van der Waals surface area (Å²) < 4.78 is 0. The minimum Gasteiger partial charge on any atom is -0.272 e. The molecule has 170 valence electrons. The van der Waals surface area contributed by atoms with Gasteiger partial charge in [-0.1, -0.05) is 74.3 Å². The second-order valence-electron chi connectivity index (χ2n) is 8.61. The van der Waals surface area contributed by atoms with Gasteiger partial charge >= 0.3 is 0 Å². The lowest BCUT2D eigenvalue weighted by Gasteiger charge is -2.31. The van der Waals surface area contributed by atoms with Crippen LogP contribution in [0.25, 0.3) is 0 Å². The maximum Gasteiger partial charge on any atom is 0.282 e. The van der Waals surface area contributed by atoms with Gasteiger partial charge in [-0.3, -0.25) is 24.5 Å². The molecule has 2 saturated carbocycles. The summed E-state index contributed by atoms with van der Waals surface area (Å²) in [5, 5.41) is 13.6. The van der Waals surface area contributed by atoms with E-state index in [4.69, 9.17) is 0 Å². The third kappa shape index (κ3) is 3.42. The standard InChI is InChI=1S/C23H19Br2N3O5/c24-19-14-10-15(20(19)25)18-17(14)22(30)27(23(18)31)26(11-12-6-2-1-3-7-12)21(29)13-8-4-5-9-16(13)28(32)33/h1-9,14-15,17-20H,10-11H2/t14-,15-,17-,18+,19+,20+/m1/s1. The van der Waals surface area contributed by atoms with Crippen molar-refractivity contribution in [2.24, 2.45) is 23.7 Å². The first-order chi connectivity index (χ1) is 15.8. The van der Waals surface area contributed by atoms with E-state index in [2.05, 4.69) is 31.9 Å². The zero-order valence-electron chi connectivity index (χ0n) is 17.2. The normalized spacial score (nSPS) is 29.9. The first kappa shape index (κ1) is 22.2. The van der Waals surface area contributed by atoms with E-state index in [0.29, 0.717) is 5.56 Å². The summed E-state index contributed by atoms with van der Waals surface area (Å²) in [5.41, 5.74) is 0.151. The van der Waals surface area contributed by atoms with Crippen molar-refractivity contribution in [3.63, 3.8) is 0 Å². The van der Waals surface area contributed by atoms with Gasteiger partial charge in [0.25, 0.3) is 23.4 Å². The largest absolute Gasteiger partial charge is 0.282 e. The molecule has 3 amide bonds. The number of amides is 3. The van der Waals surface area contributed by atoms with Crippen LogP contribution in [-0.4, -0.2) is 42.3 Å². The molecule has 0 unspecified atom stereocenters. The Bertz CT molecular complexity index is 1130. The molecule has 2 bridgehead atoms. The van der Waals surface area contributed by atoms with Gasteiger partial charge < -0.3 is 0 Å². The molecule has 1 heterocycles. The number of para-hydroxylation sites is 1. The van der Waals surface area contributed by atoms with Crippen LogP contribution in [0.5, 0.6) is 0 Å². The van der Waals surface area contributed by atoms with Crippen molar-refractivity contribution < 1.29 is 19.3 Å². The lowest BCUT2D eigenvalue weighted by atomic mass is 9.81. The molecule has 5 rings (SSSR count). The maximum absolute atomic E-state index is 13.6. The maximum atomic E-state index is 13.6. The summed E-state index contributed by atoms with van der Waals surface area (Å²) in [4.78, 5) is 51.8. The van der Waals surface area contributed by atoms with Crippen LogP contribution in [0.15, 0.2) is 54.6 Å².